The molecule has 150 valence electrons. The van der Waals surface area contributed by atoms with Crippen molar-refractivity contribution in [3.8, 4) is 5.75 Å². The van der Waals surface area contributed by atoms with E-state index in [0.717, 1.165) is 34.6 Å². The Hall–Kier alpha value is -3.04. The van der Waals surface area contributed by atoms with Crippen molar-refractivity contribution in [2.75, 3.05) is 4.90 Å². The van der Waals surface area contributed by atoms with Crippen molar-refractivity contribution in [3.63, 3.8) is 0 Å². The van der Waals surface area contributed by atoms with Crippen LogP contribution in [0.1, 0.15) is 16.7 Å². The lowest BCUT2D eigenvalue weighted by Crippen LogP contribution is -2.22. The highest BCUT2D eigenvalue weighted by molar-refractivity contribution is 9.10. The Morgan fingerprint density at radius 1 is 0.600 bits per heavy atom. The summed E-state index contributed by atoms with van der Waals surface area (Å²) < 4.78 is 7.30. The second-order valence-electron chi connectivity index (χ2n) is 7.21. The van der Waals surface area contributed by atoms with E-state index >= 15 is 0 Å². The Morgan fingerprint density at radius 2 is 1.10 bits per heavy atom. The van der Waals surface area contributed by atoms with E-state index in [1.165, 1.54) is 11.1 Å². The number of nitrogens with zero attached hydrogens (tertiary/aromatic N) is 1. The summed E-state index contributed by atoms with van der Waals surface area (Å²) in [6.07, 6.45) is 0. The summed E-state index contributed by atoms with van der Waals surface area (Å²) in [7, 11) is 0. The van der Waals surface area contributed by atoms with Gasteiger partial charge in [-0.1, -0.05) is 107 Å². The number of halogens is 1. The van der Waals surface area contributed by atoms with Crippen LogP contribution in [-0.2, 0) is 19.7 Å². The maximum Gasteiger partial charge on any atom is 0.144 e. The van der Waals surface area contributed by atoms with E-state index in [2.05, 4.69) is 112 Å². The van der Waals surface area contributed by atoms with Crippen LogP contribution in [0.4, 0.5) is 5.69 Å². The molecule has 0 saturated carbocycles. The molecule has 3 heteroatoms. The summed E-state index contributed by atoms with van der Waals surface area (Å²) >= 11 is 3.61. The van der Waals surface area contributed by atoms with Gasteiger partial charge in [-0.15, -0.1) is 0 Å². The fourth-order valence-corrected chi connectivity index (χ4v) is 3.77. The average molecular weight is 458 g/mol. The van der Waals surface area contributed by atoms with Gasteiger partial charge >= 0.3 is 0 Å². The highest BCUT2D eigenvalue weighted by atomic mass is 79.9. The summed E-state index contributed by atoms with van der Waals surface area (Å²) in [6.45, 7) is 2.15. The highest BCUT2D eigenvalue weighted by Crippen LogP contribution is 2.34. The first-order valence-corrected chi connectivity index (χ1v) is 10.9. The second kappa shape index (κ2) is 10.1. The van der Waals surface area contributed by atoms with E-state index < -0.39 is 0 Å². The molecule has 0 fully saturated rings. The molecular formula is C27H24BrNO. The predicted octanol–water partition coefficient (Wildman–Crippen LogP) is 7.23. The highest BCUT2D eigenvalue weighted by Gasteiger charge is 2.15. The molecule has 0 N–H and O–H groups in total. The van der Waals surface area contributed by atoms with Gasteiger partial charge in [0.05, 0.1) is 5.69 Å². The van der Waals surface area contributed by atoms with Crippen molar-refractivity contribution in [2.24, 2.45) is 0 Å². The number of rotatable bonds is 8. The lowest BCUT2D eigenvalue weighted by Gasteiger charge is -2.27. The van der Waals surface area contributed by atoms with Gasteiger partial charge in [0.1, 0.15) is 12.4 Å². The fourth-order valence-electron chi connectivity index (χ4n) is 3.43. The molecule has 0 aliphatic carbocycles. The van der Waals surface area contributed by atoms with E-state index in [1.54, 1.807) is 0 Å². The van der Waals surface area contributed by atoms with E-state index in [4.69, 9.17) is 4.74 Å². The molecular weight excluding hydrogens is 434 g/mol. The maximum absolute atomic E-state index is 6.29. The van der Waals surface area contributed by atoms with Crippen molar-refractivity contribution in [1.29, 1.82) is 0 Å². The van der Waals surface area contributed by atoms with Gasteiger partial charge in [-0.2, -0.15) is 0 Å². The Bertz CT molecular complexity index is 1010. The molecule has 4 rings (SSSR count). The van der Waals surface area contributed by atoms with E-state index in [-0.39, 0.29) is 0 Å². The Morgan fingerprint density at radius 3 is 1.63 bits per heavy atom. The zero-order valence-electron chi connectivity index (χ0n) is 16.7. The van der Waals surface area contributed by atoms with Gasteiger partial charge in [0, 0.05) is 17.6 Å². The van der Waals surface area contributed by atoms with Gasteiger partial charge in [-0.3, -0.25) is 0 Å². The van der Waals surface area contributed by atoms with Crippen LogP contribution in [0.25, 0.3) is 0 Å². The van der Waals surface area contributed by atoms with Crippen LogP contribution in [0, 0.1) is 0 Å². The van der Waals surface area contributed by atoms with Crippen molar-refractivity contribution in [3.05, 3.63) is 130 Å². The zero-order chi connectivity index (χ0) is 20.6. The predicted molar refractivity (Wildman–Crippen MR) is 128 cm³/mol. The molecule has 0 amide bonds. The van der Waals surface area contributed by atoms with Crippen LogP contribution in [0.2, 0.25) is 0 Å². The molecule has 0 bridgehead atoms. The molecule has 0 heterocycles. The molecule has 0 aromatic heterocycles. The number of hydrogen-bond donors (Lipinski definition) is 0. The topological polar surface area (TPSA) is 12.5 Å². The minimum Gasteiger partial charge on any atom is -0.487 e. The minimum atomic E-state index is 0.537. The molecule has 0 unspecified atom stereocenters. The van der Waals surface area contributed by atoms with Crippen molar-refractivity contribution < 1.29 is 4.74 Å². The van der Waals surface area contributed by atoms with Gasteiger partial charge in [0.25, 0.3) is 0 Å². The molecule has 0 radical (unpaired) electrons. The minimum absolute atomic E-state index is 0.537. The van der Waals surface area contributed by atoms with Crippen LogP contribution >= 0.6 is 15.9 Å². The third-order valence-corrected chi connectivity index (χ3v) is 5.43. The number of benzene rings is 4. The van der Waals surface area contributed by atoms with E-state index in [0.29, 0.717) is 6.61 Å². The van der Waals surface area contributed by atoms with Crippen LogP contribution in [0.5, 0.6) is 5.75 Å². The van der Waals surface area contributed by atoms with Gasteiger partial charge < -0.3 is 9.64 Å². The first kappa shape index (κ1) is 20.2. The summed E-state index contributed by atoms with van der Waals surface area (Å²) in [5.41, 5.74) is 4.78. The van der Waals surface area contributed by atoms with Crippen molar-refractivity contribution in [1.82, 2.24) is 0 Å². The first-order chi connectivity index (χ1) is 14.8. The van der Waals surface area contributed by atoms with E-state index in [1.807, 2.05) is 18.2 Å². The van der Waals surface area contributed by atoms with E-state index in [9.17, 15) is 0 Å². The molecule has 4 aromatic carbocycles. The second-order valence-corrected chi connectivity index (χ2v) is 8.13. The van der Waals surface area contributed by atoms with Crippen LogP contribution in [-0.4, -0.2) is 0 Å². The van der Waals surface area contributed by atoms with Crippen LogP contribution < -0.4 is 9.64 Å². The summed E-state index contributed by atoms with van der Waals surface area (Å²) in [4.78, 5) is 2.37. The third-order valence-electron chi connectivity index (χ3n) is 4.93. The van der Waals surface area contributed by atoms with Gasteiger partial charge in [0.2, 0.25) is 0 Å². The Balaban J connectivity index is 1.64. The molecule has 0 aliphatic rings. The molecule has 30 heavy (non-hydrogen) atoms. The lowest BCUT2D eigenvalue weighted by atomic mass is 10.1. The Labute approximate surface area is 186 Å². The van der Waals surface area contributed by atoms with Gasteiger partial charge in [0.15, 0.2) is 0 Å². The third kappa shape index (κ3) is 5.52. The summed E-state index contributed by atoms with van der Waals surface area (Å²) in [5, 5.41) is 0. The van der Waals surface area contributed by atoms with Crippen molar-refractivity contribution >= 4 is 21.6 Å². The number of anilines is 1. The molecule has 0 aliphatic heterocycles. The summed E-state index contributed by atoms with van der Waals surface area (Å²) in [5.74, 6) is 0.875. The number of hydrogen-bond acceptors (Lipinski definition) is 2. The zero-order valence-corrected chi connectivity index (χ0v) is 18.3. The monoisotopic (exact) mass is 457 g/mol. The lowest BCUT2D eigenvalue weighted by molar-refractivity contribution is 0.306. The molecule has 4 aromatic rings. The molecule has 0 spiro atoms. The normalized spacial score (nSPS) is 10.6. The molecule has 0 atom stereocenters. The average Bonchev–Trinajstić information content (AvgIpc) is 2.79. The van der Waals surface area contributed by atoms with Gasteiger partial charge in [-0.25, -0.2) is 0 Å². The summed E-state index contributed by atoms with van der Waals surface area (Å²) in [6, 6.07) is 37.7. The first-order valence-electron chi connectivity index (χ1n) is 10.1. The van der Waals surface area contributed by atoms with Gasteiger partial charge in [-0.05, 0) is 34.9 Å². The molecule has 2 nitrogen and oxygen atoms in total. The molecule has 0 saturated heterocycles. The number of ether oxygens (including phenoxy) is 1. The van der Waals surface area contributed by atoms with Crippen LogP contribution in [0.3, 0.4) is 0 Å². The smallest absolute Gasteiger partial charge is 0.144 e. The maximum atomic E-state index is 6.29. The Kier molecular flexibility index (Phi) is 6.83. The largest absolute Gasteiger partial charge is 0.487 e. The standard InChI is InChI=1S/C27H24BrNO/c28-25-16-17-26(27(18-25)30-21-24-14-8-3-9-15-24)29(19-22-10-4-1-5-11-22)20-23-12-6-2-7-13-23/h1-18H,19-21H2. The fraction of sp³-hybridized carbons (Fsp3) is 0.111. The van der Waals surface area contributed by atoms with Crippen molar-refractivity contribution in [2.45, 2.75) is 19.7 Å². The SMILES string of the molecule is Brc1ccc(N(Cc2ccccc2)Cc2ccccc2)c(OCc2ccccc2)c1. The van der Waals surface area contributed by atoms with Crippen LogP contribution in [0.15, 0.2) is 114 Å². The quantitative estimate of drug-likeness (QED) is 0.276.